The van der Waals surface area contributed by atoms with Crippen molar-refractivity contribution >= 4 is 33.4 Å². The molecule has 1 heterocycles. The predicted octanol–water partition coefficient (Wildman–Crippen LogP) is 4.14. The highest BCUT2D eigenvalue weighted by Gasteiger charge is 2.36. The van der Waals surface area contributed by atoms with Crippen molar-refractivity contribution < 1.29 is 17.9 Å². The number of anilines is 1. The van der Waals surface area contributed by atoms with Gasteiger partial charge < -0.3 is 10.1 Å². The molecule has 1 atom stereocenters. The molecule has 0 aliphatic carbocycles. The summed E-state index contributed by atoms with van der Waals surface area (Å²) in [5.41, 5.74) is 3.69. The third-order valence-corrected chi connectivity index (χ3v) is 8.34. The van der Waals surface area contributed by atoms with Crippen LogP contribution in [0.1, 0.15) is 16.7 Å². The normalized spacial score (nSPS) is 15.3. The summed E-state index contributed by atoms with van der Waals surface area (Å²) in [4.78, 5) is 12.9. The fraction of sp³-hybridized carbons (Fsp3) is 0.269. The van der Waals surface area contributed by atoms with Crippen molar-refractivity contribution in [2.45, 2.75) is 24.5 Å². The highest BCUT2D eigenvalue weighted by atomic mass is 32.2. The molecule has 8 heteroatoms. The summed E-state index contributed by atoms with van der Waals surface area (Å²) in [5, 5.41) is 2.90. The standard InChI is InChI=1S/C26H28N2O4S2/c1-20-9-5-6-12-22(20)18-33-16-15-27-26(29)25-17-28(23-13-7-8-14-24(23)32-25)34(30,31)19-21-10-3-2-4-11-21/h2-14,25H,15-19H2,1H3,(H,27,29). The molecule has 0 aromatic heterocycles. The molecule has 0 bridgehead atoms. The Morgan fingerprint density at radius 3 is 2.53 bits per heavy atom. The zero-order valence-electron chi connectivity index (χ0n) is 19.0. The molecule has 1 aliphatic heterocycles. The summed E-state index contributed by atoms with van der Waals surface area (Å²) in [5.74, 6) is 1.55. The number of benzene rings is 3. The van der Waals surface area contributed by atoms with Gasteiger partial charge in [0.25, 0.3) is 5.91 Å². The van der Waals surface area contributed by atoms with Crippen LogP contribution in [0.5, 0.6) is 5.75 Å². The number of fused-ring (bicyclic) bond motifs is 1. The Morgan fingerprint density at radius 2 is 1.74 bits per heavy atom. The predicted molar refractivity (Wildman–Crippen MR) is 138 cm³/mol. The minimum Gasteiger partial charge on any atom is -0.476 e. The molecule has 6 nitrogen and oxygen atoms in total. The van der Waals surface area contributed by atoms with E-state index < -0.39 is 16.1 Å². The van der Waals surface area contributed by atoms with E-state index in [2.05, 4.69) is 24.4 Å². The monoisotopic (exact) mass is 496 g/mol. The third kappa shape index (κ3) is 5.93. The van der Waals surface area contributed by atoms with E-state index in [-0.39, 0.29) is 18.2 Å². The van der Waals surface area contributed by atoms with Crippen molar-refractivity contribution in [3.05, 3.63) is 95.6 Å². The SMILES string of the molecule is Cc1ccccc1CSCCNC(=O)C1CN(S(=O)(=O)Cc2ccccc2)c2ccccc2O1. The number of hydrogen-bond acceptors (Lipinski definition) is 5. The minimum absolute atomic E-state index is 0.0611. The Kier molecular flexibility index (Phi) is 7.80. The number of rotatable bonds is 9. The molecule has 0 saturated carbocycles. The van der Waals surface area contributed by atoms with Crippen molar-refractivity contribution in [3.63, 3.8) is 0 Å². The van der Waals surface area contributed by atoms with E-state index in [0.29, 0.717) is 23.5 Å². The van der Waals surface area contributed by atoms with Crippen LogP contribution in [-0.2, 0) is 26.3 Å². The van der Waals surface area contributed by atoms with E-state index in [4.69, 9.17) is 4.74 Å². The first-order valence-electron chi connectivity index (χ1n) is 11.1. The summed E-state index contributed by atoms with van der Waals surface area (Å²) in [6.45, 7) is 2.51. The Labute approximate surface area is 205 Å². The topological polar surface area (TPSA) is 75.7 Å². The Morgan fingerprint density at radius 1 is 1.03 bits per heavy atom. The number of para-hydroxylation sites is 2. The van der Waals surface area contributed by atoms with Crippen LogP contribution in [0.4, 0.5) is 5.69 Å². The highest BCUT2D eigenvalue weighted by molar-refractivity contribution is 7.98. The maximum absolute atomic E-state index is 13.3. The number of nitrogens with zero attached hydrogens (tertiary/aromatic N) is 1. The first-order chi connectivity index (χ1) is 16.4. The van der Waals surface area contributed by atoms with E-state index in [9.17, 15) is 13.2 Å². The first kappa shape index (κ1) is 24.2. The van der Waals surface area contributed by atoms with Gasteiger partial charge in [0, 0.05) is 18.1 Å². The second-order valence-corrected chi connectivity index (χ2v) is 11.1. The number of hydrogen-bond donors (Lipinski definition) is 1. The van der Waals surface area contributed by atoms with Crippen LogP contribution < -0.4 is 14.4 Å². The molecular formula is C26H28N2O4S2. The second kappa shape index (κ2) is 11.0. The average molecular weight is 497 g/mol. The van der Waals surface area contributed by atoms with Crippen LogP contribution in [0.3, 0.4) is 0 Å². The van der Waals surface area contributed by atoms with Gasteiger partial charge in [-0.2, -0.15) is 11.8 Å². The highest BCUT2D eigenvalue weighted by Crippen LogP contribution is 2.35. The van der Waals surface area contributed by atoms with Crippen molar-refractivity contribution in [1.29, 1.82) is 0 Å². The number of ether oxygens (including phenoxy) is 1. The van der Waals surface area contributed by atoms with Crippen LogP contribution in [0.25, 0.3) is 0 Å². The number of aryl methyl sites for hydroxylation is 1. The lowest BCUT2D eigenvalue weighted by atomic mass is 10.1. The van der Waals surface area contributed by atoms with Gasteiger partial charge in [-0.3, -0.25) is 9.10 Å². The summed E-state index contributed by atoms with van der Waals surface area (Å²) >= 11 is 1.74. The molecule has 3 aromatic rings. The van der Waals surface area contributed by atoms with Crippen LogP contribution in [-0.4, -0.2) is 39.3 Å². The summed E-state index contributed by atoms with van der Waals surface area (Å²) in [6.07, 6.45) is -0.915. The van der Waals surface area contributed by atoms with Gasteiger partial charge in [0.2, 0.25) is 10.0 Å². The fourth-order valence-corrected chi connectivity index (χ4v) is 6.30. The van der Waals surface area contributed by atoms with Crippen molar-refractivity contribution in [1.82, 2.24) is 5.32 Å². The summed E-state index contributed by atoms with van der Waals surface area (Å²) < 4.78 is 33.8. The molecule has 4 rings (SSSR count). The summed E-state index contributed by atoms with van der Waals surface area (Å²) in [6, 6.07) is 24.2. The van der Waals surface area contributed by atoms with Gasteiger partial charge in [-0.15, -0.1) is 0 Å². The molecule has 178 valence electrons. The Bertz CT molecular complexity index is 1230. The number of nitrogens with one attached hydrogen (secondary N) is 1. The minimum atomic E-state index is -3.71. The molecule has 1 N–H and O–H groups in total. The van der Waals surface area contributed by atoms with E-state index in [1.165, 1.54) is 15.4 Å². The maximum Gasteiger partial charge on any atom is 0.263 e. The number of sulfonamides is 1. The van der Waals surface area contributed by atoms with Crippen LogP contribution in [0, 0.1) is 6.92 Å². The van der Waals surface area contributed by atoms with Gasteiger partial charge in [-0.25, -0.2) is 8.42 Å². The molecule has 0 saturated heterocycles. The van der Waals surface area contributed by atoms with E-state index in [1.807, 2.05) is 30.3 Å². The van der Waals surface area contributed by atoms with Gasteiger partial charge >= 0.3 is 0 Å². The number of carbonyl (C=O) groups excluding carboxylic acids is 1. The number of carbonyl (C=O) groups is 1. The summed E-state index contributed by atoms with van der Waals surface area (Å²) in [7, 11) is -3.71. The van der Waals surface area contributed by atoms with Crippen LogP contribution in [0.15, 0.2) is 78.9 Å². The first-order valence-corrected chi connectivity index (χ1v) is 13.9. The Balaban J connectivity index is 1.38. The van der Waals surface area contributed by atoms with Crippen molar-refractivity contribution in [2.75, 3.05) is 23.1 Å². The molecular weight excluding hydrogens is 468 g/mol. The molecule has 1 aliphatic rings. The van der Waals surface area contributed by atoms with E-state index in [1.54, 1.807) is 48.2 Å². The lowest BCUT2D eigenvalue weighted by Gasteiger charge is -2.34. The largest absolute Gasteiger partial charge is 0.476 e. The molecule has 1 amide bonds. The smallest absolute Gasteiger partial charge is 0.263 e. The van der Waals surface area contributed by atoms with Crippen molar-refractivity contribution in [3.8, 4) is 5.75 Å². The number of amides is 1. The van der Waals surface area contributed by atoms with Crippen LogP contribution >= 0.6 is 11.8 Å². The lowest BCUT2D eigenvalue weighted by molar-refractivity contribution is -0.127. The zero-order chi connectivity index (χ0) is 24.0. The van der Waals surface area contributed by atoms with Gasteiger partial charge in [-0.05, 0) is 35.7 Å². The lowest BCUT2D eigenvalue weighted by Crippen LogP contribution is -2.51. The fourth-order valence-electron chi connectivity index (χ4n) is 3.78. The van der Waals surface area contributed by atoms with Gasteiger partial charge in [0.1, 0.15) is 5.75 Å². The third-order valence-electron chi connectivity index (χ3n) is 5.62. The quantitative estimate of drug-likeness (QED) is 0.451. The van der Waals surface area contributed by atoms with Gasteiger partial charge in [-0.1, -0.05) is 66.7 Å². The molecule has 0 radical (unpaired) electrons. The second-order valence-electron chi connectivity index (χ2n) is 8.12. The molecule has 34 heavy (non-hydrogen) atoms. The molecule has 3 aromatic carbocycles. The number of thioether (sulfide) groups is 1. The zero-order valence-corrected chi connectivity index (χ0v) is 20.6. The van der Waals surface area contributed by atoms with Crippen molar-refractivity contribution in [2.24, 2.45) is 0 Å². The Hall–Kier alpha value is -2.97. The van der Waals surface area contributed by atoms with E-state index in [0.717, 1.165) is 11.5 Å². The molecule has 0 fully saturated rings. The van der Waals surface area contributed by atoms with E-state index >= 15 is 0 Å². The van der Waals surface area contributed by atoms with Crippen LogP contribution in [0.2, 0.25) is 0 Å². The molecule has 0 spiro atoms. The molecule has 1 unspecified atom stereocenters. The average Bonchev–Trinajstić information content (AvgIpc) is 2.84. The van der Waals surface area contributed by atoms with Gasteiger partial charge in [0.15, 0.2) is 6.10 Å². The maximum atomic E-state index is 13.3. The van der Waals surface area contributed by atoms with Gasteiger partial charge in [0.05, 0.1) is 18.0 Å².